The van der Waals surface area contributed by atoms with Crippen LogP contribution in [0.15, 0.2) is 129 Å². The van der Waals surface area contributed by atoms with Gasteiger partial charge in [0.2, 0.25) is 0 Å². The molecule has 0 bridgehead atoms. The molecule has 0 spiro atoms. The van der Waals surface area contributed by atoms with Crippen LogP contribution in [-0.2, 0) is 38.2 Å². The lowest BCUT2D eigenvalue weighted by Crippen LogP contribution is -2.31. The lowest BCUT2D eigenvalue weighted by atomic mass is 9.82. The van der Waals surface area contributed by atoms with E-state index < -0.39 is 77.2 Å². The molecule has 1 atom stereocenters. The van der Waals surface area contributed by atoms with Crippen LogP contribution in [0.1, 0.15) is 99.3 Å². The average molecular weight is 1090 g/mol. The van der Waals surface area contributed by atoms with E-state index in [1.165, 1.54) is 24.3 Å². The third kappa shape index (κ3) is 12.9. The predicted molar refractivity (Wildman–Crippen MR) is 284 cm³/mol. The molecule has 0 radical (unpaired) electrons. The zero-order valence-electron chi connectivity index (χ0n) is 42.6. The van der Waals surface area contributed by atoms with Crippen molar-refractivity contribution in [2.75, 3.05) is 13.2 Å². The molecule has 5 aromatic carbocycles. The van der Waals surface area contributed by atoms with Crippen molar-refractivity contribution >= 4 is 81.7 Å². The minimum Gasteiger partial charge on any atom is -0.508 e. The number of phenols is 1. The van der Waals surface area contributed by atoms with Gasteiger partial charge in [-0.1, -0.05) is 99.4 Å². The second kappa shape index (κ2) is 25.4. The Morgan fingerprint density at radius 1 is 0.584 bits per heavy atom. The van der Waals surface area contributed by atoms with E-state index in [2.05, 4.69) is 6.58 Å². The van der Waals surface area contributed by atoms with Crippen molar-refractivity contribution in [2.24, 2.45) is 23.7 Å². The van der Waals surface area contributed by atoms with Gasteiger partial charge in [0.05, 0.1) is 43.3 Å². The van der Waals surface area contributed by atoms with Gasteiger partial charge in [-0.25, -0.2) is 4.79 Å². The van der Waals surface area contributed by atoms with Crippen LogP contribution in [0.5, 0.6) is 34.5 Å². The molecule has 0 saturated heterocycles. The number of benzene rings is 5. The van der Waals surface area contributed by atoms with Gasteiger partial charge in [0, 0.05) is 34.4 Å². The summed E-state index contributed by atoms with van der Waals surface area (Å²) in [4.78, 5) is 107. The van der Waals surface area contributed by atoms with Gasteiger partial charge in [0.1, 0.15) is 36.2 Å². The molecule has 16 nitrogen and oxygen atoms in total. The molecule has 0 aromatic heterocycles. The molecular weight excluding hydrogens is 1030 g/mol. The van der Waals surface area contributed by atoms with Gasteiger partial charge >= 0.3 is 35.8 Å². The second-order valence-electron chi connectivity index (χ2n) is 18.3. The Bertz CT molecular complexity index is 3090. The monoisotopic (exact) mass is 1080 g/mol. The highest BCUT2D eigenvalue weighted by Gasteiger charge is 2.42. The fraction of sp³-hybridized carbons (Fsp3) is 0.322. The Morgan fingerprint density at radius 3 is 1.42 bits per heavy atom. The molecule has 2 fully saturated rings. The van der Waals surface area contributed by atoms with E-state index in [1.807, 2.05) is 13.8 Å². The Labute approximate surface area is 452 Å². The van der Waals surface area contributed by atoms with Gasteiger partial charge in [-0.3, -0.25) is 33.6 Å². The quantitative estimate of drug-likeness (QED) is 0.0420. The number of Topliss-reactive ketones (excluding diaryl/α,β-unsaturated/α-hetero) is 2. The molecule has 1 heterocycles. The van der Waals surface area contributed by atoms with E-state index in [-0.39, 0.29) is 59.3 Å². The summed E-state index contributed by atoms with van der Waals surface area (Å²) in [5, 5.41) is 10.5. The van der Waals surface area contributed by atoms with Gasteiger partial charge in [0.25, 0.3) is 0 Å². The van der Waals surface area contributed by atoms with Crippen LogP contribution < -0.4 is 23.7 Å². The van der Waals surface area contributed by atoms with Crippen molar-refractivity contribution in [2.45, 2.75) is 94.5 Å². The fourth-order valence-corrected chi connectivity index (χ4v) is 12.0. The summed E-state index contributed by atoms with van der Waals surface area (Å²) in [6.45, 7) is 8.65. The zero-order valence-corrected chi connectivity index (χ0v) is 44.2. The number of ketones is 2. The summed E-state index contributed by atoms with van der Waals surface area (Å²) in [7, 11) is 0. The zero-order chi connectivity index (χ0) is 54.8. The molecule has 1 unspecified atom stereocenters. The third-order valence-corrected chi connectivity index (χ3v) is 16.0. The van der Waals surface area contributed by atoms with E-state index in [1.54, 1.807) is 79.7 Å². The lowest BCUT2D eigenvalue weighted by molar-refractivity contribution is -0.158. The number of rotatable bonds is 16. The number of phenolic OH excluding ortho intramolecular Hbond substituents is 1. The first-order chi connectivity index (χ1) is 37.3. The molecule has 5 aromatic rings. The number of allylic oxidation sites excluding steroid dienone is 1. The number of esters is 6. The molecule has 18 heteroatoms. The van der Waals surface area contributed by atoms with Gasteiger partial charge in [0.15, 0.2) is 29.2 Å². The first kappa shape index (κ1) is 55.5. The van der Waals surface area contributed by atoms with Crippen LogP contribution in [0.2, 0.25) is 0 Å². The summed E-state index contributed by atoms with van der Waals surface area (Å²) in [6, 6.07) is 25.7. The van der Waals surface area contributed by atoms with Crippen molar-refractivity contribution in [3.05, 3.63) is 131 Å². The molecule has 9 rings (SSSR count). The summed E-state index contributed by atoms with van der Waals surface area (Å²) >= 11 is 2.20. The minimum absolute atomic E-state index is 0.0292. The fourth-order valence-electron chi connectivity index (χ4n) is 9.29. The van der Waals surface area contributed by atoms with Gasteiger partial charge in [-0.2, -0.15) is 0 Å². The maximum absolute atomic E-state index is 14.2. The van der Waals surface area contributed by atoms with E-state index in [0.29, 0.717) is 87.7 Å². The summed E-state index contributed by atoms with van der Waals surface area (Å²) in [5.41, 5.74) is 0.529. The highest BCUT2D eigenvalue weighted by Crippen LogP contribution is 2.62. The molecule has 400 valence electrons. The largest absolute Gasteiger partial charge is 0.508 e. The average Bonchev–Trinajstić information content (AvgIpc) is 4.14. The third-order valence-electron chi connectivity index (χ3n) is 13.4. The van der Waals surface area contributed by atoms with Crippen LogP contribution in [0.4, 0.5) is 0 Å². The molecular formula is C59H56O16S2. The van der Waals surface area contributed by atoms with Crippen LogP contribution in [0.3, 0.4) is 0 Å². The van der Waals surface area contributed by atoms with Crippen molar-refractivity contribution in [3.63, 3.8) is 0 Å². The first-order valence-corrected chi connectivity index (χ1v) is 27.2. The summed E-state index contributed by atoms with van der Waals surface area (Å²) in [5.74, 6) is -4.70. The second-order valence-corrected chi connectivity index (χ2v) is 20.6. The van der Waals surface area contributed by atoms with Gasteiger partial charge in [-0.05, 0) is 99.9 Å². The number of aromatic hydroxyl groups is 1. The smallest absolute Gasteiger partial charge is 0.330 e. The number of hydrogen-bond acceptors (Lipinski definition) is 18. The summed E-state index contributed by atoms with van der Waals surface area (Å²) < 4.78 is 40.3. The van der Waals surface area contributed by atoms with Crippen LogP contribution in [0, 0.1) is 23.7 Å². The number of ether oxygens (including phenoxy) is 7. The molecule has 3 aliphatic carbocycles. The minimum atomic E-state index is -0.865. The van der Waals surface area contributed by atoms with Gasteiger partial charge in [-0.15, -0.1) is 0 Å². The molecule has 77 heavy (non-hydrogen) atoms. The molecule has 0 amide bonds. The Morgan fingerprint density at radius 2 is 0.987 bits per heavy atom. The Kier molecular flexibility index (Phi) is 18.3. The standard InChI is InChI=1S/C57H50O16S2.C2H6/c1-3-44(59)68-30-39(69-45(60)4-2)29-67-36-25-27-38(28-26-36)71-54(64)32-15-19-34(20-16-32)56(66)73-50-43-12-8-7-11-42(43)49(51-52(50)75-57(74-51)46-47(61)40-9-5-6-10-41(40)48(46)62)72-55(65)33-17-13-31(14-18-33)53(63)70-37-23-21-35(58)22-24-37;1-2/h3,5-12,21-28,31-34,39,58H,1,4,13-20,29-30H2,2H3;1-2H3. The van der Waals surface area contributed by atoms with E-state index >= 15 is 0 Å². The number of fused-ring (bicyclic) bond motifs is 3. The van der Waals surface area contributed by atoms with Crippen molar-refractivity contribution in [3.8, 4) is 34.5 Å². The topological polar surface area (TPSA) is 221 Å². The molecule has 1 N–H and O–H groups in total. The molecule has 2 saturated carbocycles. The maximum Gasteiger partial charge on any atom is 0.330 e. The van der Waals surface area contributed by atoms with Crippen molar-refractivity contribution in [1.29, 1.82) is 0 Å². The number of carbonyl (C=O) groups is 8. The molecule has 4 aliphatic rings. The Hall–Kier alpha value is -7.70. The number of thioether (sulfide) groups is 2. The highest BCUT2D eigenvalue weighted by atomic mass is 32.2. The van der Waals surface area contributed by atoms with Crippen LogP contribution in [0.25, 0.3) is 10.8 Å². The SMILES string of the molecule is C=CC(=O)OCC(COc1ccc(OC(=O)C2CCC(C(=O)Oc3c4c(c(OC(=O)C5CCC(C(=O)Oc6ccc(O)cc6)CC5)c5ccccc35)SC(=C3C(=O)c5ccccc5C3=O)S4)CC2)cc1)OC(=O)CC.CC. The van der Waals surface area contributed by atoms with Crippen molar-refractivity contribution in [1.82, 2.24) is 0 Å². The molecule has 1 aliphatic heterocycles. The van der Waals surface area contributed by atoms with Crippen molar-refractivity contribution < 1.29 is 76.6 Å². The van der Waals surface area contributed by atoms with Gasteiger partial charge < -0.3 is 38.3 Å². The van der Waals surface area contributed by atoms with Crippen LogP contribution >= 0.6 is 23.5 Å². The maximum atomic E-state index is 14.2. The highest BCUT2D eigenvalue weighted by molar-refractivity contribution is 8.25. The van der Waals surface area contributed by atoms with E-state index in [9.17, 15) is 43.5 Å². The lowest BCUT2D eigenvalue weighted by Gasteiger charge is -2.27. The summed E-state index contributed by atoms with van der Waals surface area (Å²) in [6.07, 6.45) is 3.05. The van der Waals surface area contributed by atoms with E-state index in [4.69, 9.17) is 33.2 Å². The predicted octanol–water partition coefficient (Wildman–Crippen LogP) is 11.1. The van der Waals surface area contributed by atoms with E-state index in [0.717, 1.165) is 29.6 Å². The normalized spacial score (nSPS) is 18.8. The number of carbonyl (C=O) groups excluding carboxylic acids is 8. The first-order valence-electron chi connectivity index (χ1n) is 25.5. The number of hydrogen-bond donors (Lipinski definition) is 1. The Balaban J connectivity index is 0.00000387. The van der Waals surface area contributed by atoms with Crippen LogP contribution in [-0.4, -0.2) is 71.8 Å².